The predicted octanol–water partition coefficient (Wildman–Crippen LogP) is 4.98. The summed E-state index contributed by atoms with van der Waals surface area (Å²) in [4.78, 5) is 0. The van der Waals surface area contributed by atoms with Crippen LogP contribution in [0.4, 0.5) is 8.78 Å². The van der Waals surface area contributed by atoms with E-state index in [4.69, 9.17) is 0 Å². The van der Waals surface area contributed by atoms with Gasteiger partial charge in [0.1, 0.15) is 11.6 Å². The van der Waals surface area contributed by atoms with Crippen LogP contribution in [0.25, 0.3) is 12.2 Å². The van der Waals surface area contributed by atoms with E-state index in [9.17, 15) is 8.78 Å². The fourth-order valence-electron chi connectivity index (χ4n) is 2.92. The second-order valence-corrected chi connectivity index (χ2v) is 5.69. The molecule has 0 aromatic heterocycles. The number of nitrogens with one attached hydrogen (secondary N) is 1. The minimum Gasteiger partial charge on any atom is -0.309 e. The molecule has 0 spiro atoms. The van der Waals surface area contributed by atoms with Crippen molar-refractivity contribution in [3.8, 4) is 0 Å². The minimum atomic E-state index is -0.245. The second-order valence-electron chi connectivity index (χ2n) is 5.69. The lowest BCUT2D eigenvalue weighted by molar-refractivity contribution is 0.624. The van der Waals surface area contributed by atoms with Crippen LogP contribution < -0.4 is 5.32 Å². The van der Waals surface area contributed by atoms with Crippen LogP contribution in [0.5, 0.6) is 0 Å². The zero-order valence-electron chi connectivity index (χ0n) is 13.5. The van der Waals surface area contributed by atoms with Crippen molar-refractivity contribution in [3.05, 3.63) is 94.1 Å². The quantitative estimate of drug-likeness (QED) is 0.822. The van der Waals surface area contributed by atoms with Gasteiger partial charge < -0.3 is 5.32 Å². The van der Waals surface area contributed by atoms with Crippen LogP contribution in [-0.2, 0) is 0 Å². The van der Waals surface area contributed by atoms with E-state index in [2.05, 4.69) is 5.32 Å². The van der Waals surface area contributed by atoms with Gasteiger partial charge in [-0.25, -0.2) is 8.78 Å². The first kappa shape index (κ1) is 16.3. The van der Waals surface area contributed by atoms with E-state index in [1.54, 1.807) is 24.3 Å². The van der Waals surface area contributed by atoms with Crippen LogP contribution in [0.1, 0.15) is 18.1 Å². The predicted molar refractivity (Wildman–Crippen MR) is 95.4 cm³/mol. The molecule has 1 N–H and O–H groups in total. The molecule has 1 saturated heterocycles. The molecular weight excluding hydrogens is 304 g/mol. The van der Waals surface area contributed by atoms with Gasteiger partial charge in [0.15, 0.2) is 0 Å². The van der Waals surface area contributed by atoms with Crippen molar-refractivity contribution in [2.75, 3.05) is 13.1 Å². The Bertz CT molecular complexity index is 766. The van der Waals surface area contributed by atoms with Crippen molar-refractivity contribution in [2.24, 2.45) is 0 Å². The standard InChI is InChI=1S/C21H19F2N/c1-2-19-17(11-15-7-3-5-9-20(15)22)13-24-14-18(19)12-16-8-4-6-10-21(16)23/h2-12,24H,13-14H2,1H3/b17-11+,18-12+. The molecule has 1 aliphatic heterocycles. The molecule has 0 amide bonds. The Labute approximate surface area is 141 Å². The number of benzene rings is 2. The lowest BCUT2D eigenvalue weighted by atomic mass is 9.91. The summed E-state index contributed by atoms with van der Waals surface area (Å²) in [5.41, 5.74) is 4.13. The highest BCUT2D eigenvalue weighted by molar-refractivity contribution is 5.70. The number of halogens is 2. The van der Waals surface area contributed by atoms with Crippen molar-refractivity contribution in [1.82, 2.24) is 5.32 Å². The number of rotatable bonds is 2. The molecule has 3 heteroatoms. The van der Waals surface area contributed by atoms with Gasteiger partial charge >= 0.3 is 0 Å². The SMILES string of the molecule is CC=C1/C(=C/c2ccccc2F)CNC/C1=C\c1ccccc1F. The summed E-state index contributed by atoms with van der Waals surface area (Å²) in [7, 11) is 0. The highest BCUT2D eigenvalue weighted by Gasteiger charge is 2.17. The molecule has 0 radical (unpaired) electrons. The summed E-state index contributed by atoms with van der Waals surface area (Å²) >= 11 is 0. The molecular formula is C21H19F2N. The zero-order chi connectivity index (χ0) is 16.9. The van der Waals surface area contributed by atoms with Crippen LogP contribution in [-0.4, -0.2) is 13.1 Å². The summed E-state index contributed by atoms with van der Waals surface area (Å²) in [6, 6.07) is 13.4. The first-order valence-electron chi connectivity index (χ1n) is 7.97. The third kappa shape index (κ3) is 3.52. The third-order valence-electron chi connectivity index (χ3n) is 4.08. The van der Waals surface area contributed by atoms with Gasteiger partial charge in [0.2, 0.25) is 0 Å². The van der Waals surface area contributed by atoms with Crippen molar-refractivity contribution in [1.29, 1.82) is 0 Å². The number of hydrogen-bond donors (Lipinski definition) is 1. The molecule has 0 unspecified atom stereocenters. The first-order valence-corrected chi connectivity index (χ1v) is 7.97. The third-order valence-corrected chi connectivity index (χ3v) is 4.08. The normalized spacial score (nSPS) is 18.2. The molecule has 0 atom stereocenters. The fraction of sp³-hybridized carbons (Fsp3) is 0.143. The summed E-state index contributed by atoms with van der Waals surface area (Å²) in [5.74, 6) is -0.490. The maximum Gasteiger partial charge on any atom is 0.130 e. The van der Waals surface area contributed by atoms with Crippen molar-refractivity contribution >= 4 is 12.2 Å². The number of allylic oxidation sites excluding steroid dienone is 1. The molecule has 1 aliphatic rings. The van der Waals surface area contributed by atoms with Gasteiger partial charge in [-0.1, -0.05) is 42.5 Å². The number of piperidine rings is 1. The summed E-state index contributed by atoms with van der Waals surface area (Å²) in [5, 5.41) is 3.31. The van der Waals surface area contributed by atoms with Crippen molar-refractivity contribution in [2.45, 2.75) is 6.92 Å². The van der Waals surface area contributed by atoms with E-state index in [0.717, 1.165) is 16.7 Å². The highest BCUT2D eigenvalue weighted by Crippen LogP contribution is 2.27. The van der Waals surface area contributed by atoms with E-state index < -0.39 is 0 Å². The monoisotopic (exact) mass is 323 g/mol. The largest absolute Gasteiger partial charge is 0.309 e. The molecule has 1 nitrogen and oxygen atoms in total. The molecule has 2 aromatic rings. The maximum atomic E-state index is 13.9. The molecule has 3 rings (SSSR count). The molecule has 0 bridgehead atoms. The van der Waals surface area contributed by atoms with E-state index in [-0.39, 0.29) is 11.6 Å². The fourth-order valence-corrected chi connectivity index (χ4v) is 2.92. The summed E-state index contributed by atoms with van der Waals surface area (Å²) in [6.45, 7) is 3.26. The Morgan fingerprint density at radius 1 is 0.792 bits per heavy atom. The van der Waals surface area contributed by atoms with Crippen LogP contribution in [0, 0.1) is 11.6 Å². The zero-order valence-corrected chi connectivity index (χ0v) is 13.5. The van der Waals surface area contributed by atoms with Crippen LogP contribution >= 0.6 is 0 Å². The van der Waals surface area contributed by atoms with E-state index in [1.165, 1.54) is 12.1 Å². The first-order chi connectivity index (χ1) is 11.7. The number of hydrogen-bond acceptors (Lipinski definition) is 1. The molecule has 1 heterocycles. The van der Waals surface area contributed by atoms with Gasteiger partial charge in [0, 0.05) is 24.2 Å². The van der Waals surface area contributed by atoms with Gasteiger partial charge in [-0.2, -0.15) is 0 Å². The van der Waals surface area contributed by atoms with Gasteiger partial charge in [0.05, 0.1) is 0 Å². The van der Waals surface area contributed by atoms with Crippen molar-refractivity contribution in [3.63, 3.8) is 0 Å². The Kier molecular flexibility index (Phi) is 5.02. The molecule has 0 saturated carbocycles. The topological polar surface area (TPSA) is 12.0 Å². The lowest BCUT2D eigenvalue weighted by Gasteiger charge is -2.23. The average Bonchev–Trinajstić information content (AvgIpc) is 2.59. The Balaban J connectivity index is 2.00. The van der Waals surface area contributed by atoms with Gasteiger partial charge in [-0.05, 0) is 47.9 Å². The second kappa shape index (κ2) is 7.37. The van der Waals surface area contributed by atoms with Crippen LogP contribution in [0.3, 0.4) is 0 Å². The Morgan fingerprint density at radius 2 is 1.25 bits per heavy atom. The van der Waals surface area contributed by atoms with Gasteiger partial charge in [0.25, 0.3) is 0 Å². The smallest absolute Gasteiger partial charge is 0.130 e. The Hall–Kier alpha value is -2.52. The Morgan fingerprint density at radius 3 is 1.67 bits per heavy atom. The molecule has 0 aliphatic carbocycles. The lowest BCUT2D eigenvalue weighted by Crippen LogP contribution is -2.27. The van der Waals surface area contributed by atoms with E-state index in [1.807, 2.05) is 37.3 Å². The highest BCUT2D eigenvalue weighted by atomic mass is 19.1. The molecule has 1 fully saturated rings. The van der Waals surface area contributed by atoms with E-state index in [0.29, 0.717) is 24.2 Å². The maximum absolute atomic E-state index is 13.9. The summed E-state index contributed by atoms with van der Waals surface area (Å²) in [6.07, 6.45) is 5.71. The molecule has 24 heavy (non-hydrogen) atoms. The van der Waals surface area contributed by atoms with Gasteiger partial charge in [-0.3, -0.25) is 0 Å². The van der Waals surface area contributed by atoms with Gasteiger partial charge in [-0.15, -0.1) is 0 Å². The molecule has 2 aromatic carbocycles. The van der Waals surface area contributed by atoms with Crippen LogP contribution in [0.15, 0.2) is 71.3 Å². The summed E-state index contributed by atoms with van der Waals surface area (Å²) < 4.78 is 27.8. The van der Waals surface area contributed by atoms with Crippen molar-refractivity contribution < 1.29 is 8.78 Å². The van der Waals surface area contributed by atoms with Crippen LogP contribution in [0.2, 0.25) is 0 Å². The minimum absolute atomic E-state index is 0.245. The average molecular weight is 323 g/mol. The van der Waals surface area contributed by atoms with E-state index >= 15 is 0 Å². The molecule has 122 valence electrons.